The number of nitrogens with zero attached hydrogens (tertiary/aromatic N) is 7. The smallest absolute Gasteiger partial charge is 0.272 e. The summed E-state index contributed by atoms with van der Waals surface area (Å²) in [5.74, 6) is -0.247. The fourth-order valence-electron chi connectivity index (χ4n) is 3.12. The average Bonchev–Trinajstić information content (AvgIpc) is 3.37. The van der Waals surface area contributed by atoms with Gasteiger partial charge in [0.1, 0.15) is 0 Å². The lowest BCUT2D eigenvalue weighted by molar-refractivity contribution is 0.0945. The highest BCUT2D eigenvalue weighted by molar-refractivity contribution is 5.93. The molecule has 0 atom stereocenters. The molecule has 0 aliphatic rings. The molecule has 4 rings (SSSR count). The molecule has 0 radical (unpaired) electrons. The van der Waals surface area contributed by atoms with E-state index in [2.05, 4.69) is 25.6 Å². The summed E-state index contributed by atoms with van der Waals surface area (Å²) in [7, 11) is 1.89. The first-order chi connectivity index (χ1) is 13.5. The maximum absolute atomic E-state index is 12.6. The lowest BCUT2D eigenvalue weighted by atomic mass is 10.2. The fraction of sp³-hybridized carbons (Fsp3) is 0.316. The third kappa shape index (κ3) is 3.04. The molecule has 0 bridgehead atoms. The van der Waals surface area contributed by atoms with Gasteiger partial charge >= 0.3 is 0 Å². The van der Waals surface area contributed by atoms with Gasteiger partial charge in [0.2, 0.25) is 0 Å². The summed E-state index contributed by atoms with van der Waals surface area (Å²) in [6.45, 7) is 7.15. The highest BCUT2D eigenvalue weighted by atomic mass is 16.1. The lowest BCUT2D eigenvalue weighted by Gasteiger charge is -2.04. The van der Waals surface area contributed by atoms with Crippen LogP contribution in [-0.2, 0) is 20.1 Å². The van der Waals surface area contributed by atoms with Crippen LogP contribution in [0.5, 0.6) is 0 Å². The maximum atomic E-state index is 12.6. The van der Waals surface area contributed by atoms with E-state index in [9.17, 15) is 4.79 Å². The second-order valence-corrected chi connectivity index (χ2v) is 6.68. The third-order valence-electron chi connectivity index (χ3n) is 4.91. The first kappa shape index (κ1) is 17.9. The zero-order valence-electron chi connectivity index (χ0n) is 16.3. The highest BCUT2D eigenvalue weighted by Gasteiger charge is 2.16. The van der Waals surface area contributed by atoms with Crippen molar-refractivity contribution in [2.24, 2.45) is 7.05 Å². The highest BCUT2D eigenvalue weighted by Crippen LogP contribution is 2.23. The van der Waals surface area contributed by atoms with E-state index in [4.69, 9.17) is 0 Å². The summed E-state index contributed by atoms with van der Waals surface area (Å²) in [6, 6.07) is 3.56. The van der Waals surface area contributed by atoms with Gasteiger partial charge < -0.3 is 5.32 Å². The van der Waals surface area contributed by atoms with Crippen molar-refractivity contribution in [1.82, 2.24) is 39.5 Å². The van der Waals surface area contributed by atoms with Crippen LogP contribution < -0.4 is 5.32 Å². The summed E-state index contributed by atoms with van der Waals surface area (Å²) in [5, 5.41) is 16.1. The normalized spacial score (nSPS) is 11.3. The predicted molar refractivity (Wildman–Crippen MR) is 104 cm³/mol. The van der Waals surface area contributed by atoms with E-state index in [0.29, 0.717) is 17.9 Å². The third-order valence-corrected chi connectivity index (χ3v) is 4.91. The second-order valence-electron chi connectivity index (χ2n) is 6.68. The summed E-state index contributed by atoms with van der Waals surface area (Å²) in [4.78, 5) is 17.0. The van der Waals surface area contributed by atoms with Crippen molar-refractivity contribution in [2.75, 3.05) is 0 Å². The molecule has 4 aromatic rings. The topological polar surface area (TPSA) is 94.9 Å². The Morgan fingerprint density at radius 1 is 1.25 bits per heavy atom. The molecule has 0 saturated heterocycles. The standard InChI is InChI=1S/C19H22N8O/c1-5-26-11-14(12(2)23-26)9-21-19(28)16-8-18-20-7-6-17(27(18)24-16)15-10-22-25(4)13(15)3/h6-8,10-11H,5,9H2,1-4H3,(H,21,28). The Morgan fingerprint density at radius 3 is 2.75 bits per heavy atom. The minimum Gasteiger partial charge on any atom is -0.346 e. The van der Waals surface area contributed by atoms with Crippen molar-refractivity contribution >= 4 is 11.6 Å². The van der Waals surface area contributed by atoms with E-state index >= 15 is 0 Å². The molecule has 0 aliphatic carbocycles. The van der Waals surface area contributed by atoms with Crippen LogP contribution in [0, 0.1) is 13.8 Å². The van der Waals surface area contributed by atoms with Crippen LogP contribution in [0.4, 0.5) is 0 Å². The number of carbonyl (C=O) groups is 1. The van der Waals surface area contributed by atoms with Crippen LogP contribution >= 0.6 is 0 Å². The van der Waals surface area contributed by atoms with Gasteiger partial charge in [0.05, 0.1) is 17.6 Å². The monoisotopic (exact) mass is 378 g/mol. The second kappa shape index (κ2) is 6.91. The number of hydrogen-bond acceptors (Lipinski definition) is 5. The molecule has 1 N–H and O–H groups in total. The van der Waals surface area contributed by atoms with Crippen molar-refractivity contribution in [2.45, 2.75) is 33.9 Å². The van der Waals surface area contributed by atoms with Crippen LogP contribution in [0.3, 0.4) is 0 Å². The first-order valence-corrected chi connectivity index (χ1v) is 9.12. The molecule has 0 aliphatic heterocycles. The van der Waals surface area contributed by atoms with Crippen molar-refractivity contribution < 1.29 is 4.79 Å². The van der Waals surface area contributed by atoms with Gasteiger partial charge in [-0.3, -0.25) is 14.2 Å². The van der Waals surface area contributed by atoms with Gasteiger partial charge in [0.25, 0.3) is 5.91 Å². The molecule has 4 heterocycles. The number of rotatable bonds is 5. The zero-order valence-corrected chi connectivity index (χ0v) is 16.3. The van der Waals surface area contributed by atoms with Gasteiger partial charge in [-0.25, -0.2) is 9.50 Å². The number of aryl methyl sites for hydroxylation is 3. The quantitative estimate of drug-likeness (QED) is 0.572. The van der Waals surface area contributed by atoms with Crippen molar-refractivity contribution in [1.29, 1.82) is 0 Å². The minimum atomic E-state index is -0.247. The van der Waals surface area contributed by atoms with E-state index in [1.54, 1.807) is 27.7 Å². The molecule has 0 saturated carbocycles. The van der Waals surface area contributed by atoms with Crippen LogP contribution in [0.25, 0.3) is 16.9 Å². The zero-order chi connectivity index (χ0) is 19.8. The van der Waals surface area contributed by atoms with Gasteiger partial charge in [0, 0.05) is 55.4 Å². The Hall–Kier alpha value is -3.49. The molecule has 0 unspecified atom stereocenters. The SMILES string of the molecule is CCn1cc(CNC(=O)c2cc3nccc(-c4cnn(C)c4C)n3n2)c(C)n1. The van der Waals surface area contributed by atoms with E-state index in [0.717, 1.165) is 34.8 Å². The lowest BCUT2D eigenvalue weighted by Crippen LogP contribution is -2.23. The molecular weight excluding hydrogens is 356 g/mol. The maximum Gasteiger partial charge on any atom is 0.272 e. The Labute approximate surface area is 162 Å². The van der Waals surface area contributed by atoms with Crippen molar-refractivity contribution in [3.8, 4) is 11.3 Å². The summed E-state index contributed by atoms with van der Waals surface area (Å²) in [5.41, 5.74) is 5.64. The van der Waals surface area contributed by atoms with E-state index < -0.39 is 0 Å². The molecule has 0 spiro atoms. The Kier molecular flexibility index (Phi) is 4.42. The molecule has 1 amide bonds. The molecule has 4 aromatic heterocycles. The number of aromatic nitrogens is 7. The molecular formula is C19H22N8O. The predicted octanol–water partition coefficient (Wildman–Crippen LogP) is 1.89. The van der Waals surface area contributed by atoms with E-state index in [1.165, 1.54) is 0 Å². The number of fused-ring (bicyclic) bond motifs is 1. The summed E-state index contributed by atoms with van der Waals surface area (Å²) in [6.07, 6.45) is 5.45. The largest absolute Gasteiger partial charge is 0.346 e. The number of carbonyl (C=O) groups excluding carboxylic acids is 1. The van der Waals surface area contributed by atoms with Gasteiger partial charge in [-0.2, -0.15) is 15.3 Å². The Balaban J connectivity index is 1.61. The van der Waals surface area contributed by atoms with Gasteiger partial charge in [-0.05, 0) is 26.8 Å². The molecule has 28 heavy (non-hydrogen) atoms. The van der Waals surface area contributed by atoms with Crippen LogP contribution in [0.2, 0.25) is 0 Å². The van der Waals surface area contributed by atoms with Crippen LogP contribution in [0.15, 0.2) is 30.7 Å². The summed E-state index contributed by atoms with van der Waals surface area (Å²) >= 11 is 0. The molecule has 144 valence electrons. The van der Waals surface area contributed by atoms with Gasteiger partial charge in [0.15, 0.2) is 11.3 Å². The molecule has 9 heteroatoms. The van der Waals surface area contributed by atoms with Gasteiger partial charge in [-0.1, -0.05) is 0 Å². The molecule has 9 nitrogen and oxygen atoms in total. The van der Waals surface area contributed by atoms with Crippen molar-refractivity contribution in [3.05, 3.63) is 53.4 Å². The van der Waals surface area contributed by atoms with Crippen LogP contribution in [-0.4, -0.2) is 40.1 Å². The van der Waals surface area contributed by atoms with Gasteiger partial charge in [-0.15, -0.1) is 0 Å². The number of amides is 1. The van der Waals surface area contributed by atoms with Crippen LogP contribution in [0.1, 0.15) is 34.4 Å². The number of hydrogen-bond donors (Lipinski definition) is 1. The first-order valence-electron chi connectivity index (χ1n) is 9.12. The average molecular weight is 378 g/mol. The minimum absolute atomic E-state index is 0.247. The van der Waals surface area contributed by atoms with Crippen molar-refractivity contribution in [3.63, 3.8) is 0 Å². The summed E-state index contributed by atoms with van der Waals surface area (Å²) < 4.78 is 5.34. The Bertz CT molecular complexity index is 1170. The molecule has 0 fully saturated rings. The van der Waals surface area contributed by atoms with E-state index in [1.807, 2.05) is 44.8 Å². The van der Waals surface area contributed by atoms with E-state index in [-0.39, 0.29) is 5.91 Å². The Morgan fingerprint density at radius 2 is 2.07 bits per heavy atom. The molecule has 0 aromatic carbocycles. The fourth-order valence-corrected chi connectivity index (χ4v) is 3.12. The number of nitrogens with one attached hydrogen (secondary N) is 1.